The number of halogens is 3. The van der Waals surface area contributed by atoms with E-state index >= 15 is 0 Å². The minimum absolute atomic E-state index is 0.0398. The lowest BCUT2D eigenvalue weighted by Gasteiger charge is -2.31. The average molecular weight is 532 g/mol. The minimum Gasteiger partial charge on any atom is -0.383 e. The van der Waals surface area contributed by atoms with E-state index < -0.39 is 26.8 Å². The molecule has 3 aromatic rings. The minimum atomic E-state index is -4.43. The van der Waals surface area contributed by atoms with Crippen LogP contribution < -0.4 is 16.0 Å². The monoisotopic (exact) mass is 531 g/mol. The van der Waals surface area contributed by atoms with Gasteiger partial charge in [-0.3, -0.25) is 0 Å². The summed E-state index contributed by atoms with van der Waals surface area (Å²) in [5, 5.41) is 2.64. The molecule has 0 amide bonds. The van der Waals surface area contributed by atoms with Gasteiger partial charge in [0.1, 0.15) is 11.6 Å². The van der Waals surface area contributed by atoms with E-state index in [2.05, 4.69) is 20.2 Å². The molecule has 0 atom stereocenters. The summed E-state index contributed by atoms with van der Waals surface area (Å²) in [6.45, 7) is 1.44. The predicted octanol–water partition coefficient (Wildman–Crippen LogP) is 4.84. The van der Waals surface area contributed by atoms with Gasteiger partial charge in [0.25, 0.3) is 0 Å². The van der Waals surface area contributed by atoms with Crippen molar-refractivity contribution >= 4 is 27.2 Å². The van der Waals surface area contributed by atoms with E-state index in [1.807, 2.05) is 18.2 Å². The quantitative estimate of drug-likeness (QED) is 0.486. The van der Waals surface area contributed by atoms with Crippen molar-refractivity contribution in [3.8, 4) is 0 Å². The summed E-state index contributed by atoms with van der Waals surface area (Å²) in [6, 6.07) is 11.3. The Labute approximate surface area is 213 Å². The van der Waals surface area contributed by atoms with Gasteiger partial charge in [-0.2, -0.15) is 13.2 Å². The highest BCUT2D eigenvalue weighted by Gasteiger charge is 2.33. The Morgan fingerprint density at radius 1 is 0.973 bits per heavy atom. The van der Waals surface area contributed by atoms with Crippen LogP contribution in [0.3, 0.4) is 0 Å². The lowest BCUT2D eigenvalue weighted by Crippen LogP contribution is -2.33. The maximum Gasteiger partial charge on any atom is 0.417 e. The van der Waals surface area contributed by atoms with Gasteiger partial charge in [0.15, 0.2) is 9.84 Å². The van der Waals surface area contributed by atoms with E-state index in [0.717, 1.165) is 36.5 Å². The molecule has 0 unspecified atom stereocenters. The van der Waals surface area contributed by atoms with E-state index in [9.17, 15) is 21.6 Å². The Bertz CT molecular complexity index is 1350. The van der Waals surface area contributed by atoms with E-state index in [1.54, 1.807) is 18.3 Å². The Balaban J connectivity index is 1.19. The summed E-state index contributed by atoms with van der Waals surface area (Å²) in [6.07, 6.45) is 1.06. The number of nitrogens with one attached hydrogen (secondary N) is 1. The third kappa shape index (κ3) is 5.36. The van der Waals surface area contributed by atoms with Gasteiger partial charge in [-0.05, 0) is 80.1 Å². The lowest BCUT2D eigenvalue weighted by molar-refractivity contribution is -0.137. The zero-order valence-electron chi connectivity index (χ0n) is 20.1. The van der Waals surface area contributed by atoms with Crippen molar-refractivity contribution in [1.29, 1.82) is 0 Å². The number of nitrogens with two attached hydrogens (primary N) is 1. The summed E-state index contributed by atoms with van der Waals surface area (Å²) >= 11 is 0. The molecule has 5 rings (SSSR count). The molecule has 0 spiro atoms. The zero-order chi connectivity index (χ0) is 26.2. The van der Waals surface area contributed by atoms with Crippen LogP contribution in [0, 0.1) is 0 Å². The lowest BCUT2D eigenvalue weighted by atomic mass is 9.95. The molecular formula is C26H28F3N5O2S. The largest absolute Gasteiger partial charge is 0.417 e. The van der Waals surface area contributed by atoms with Gasteiger partial charge < -0.3 is 16.0 Å². The molecule has 11 heteroatoms. The molecule has 0 radical (unpaired) electrons. The number of aromatic nitrogens is 2. The van der Waals surface area contributed by atoms with Gasteiger partial charge >= 0.3 is 6.18 Å². The first-order valence-corrected chi connectivity index (χ1v) is 13.8. The fraction of sp³-hybridized carbons (Fsp3) is 0.385. The summed E-state index contributed by atoms with van der Waals surface area (Å²) in [4.78, 5) is 10.5. The molecule has 1 aliphatic heterocycles. The number of hydrogen-bond donors (Lipinski definition) is 2. The molecule has 1 fully saturated rings. The number of nitrogens with zero attached hydrogens (tertiary/aromatic N) is 3. The van der Waals surface area contributed by atoms with Gasteiger partial charge in [0.2, 0.25) is 0 Å². The Morgan fingerprint density at radius 3 is 2.35 bits per heavy atom. The van der Waals surface area contributed by atoms with Crippen LogP contribution >= 0.6 is 0 Å². The molecule has 0 saturated heterocycles. The van der Waals surface area contributed by atoms with Gasteiger partial charge in [0, 0.05) is 42.8 Å². The number of rotatable bonds is 5. The maximum absolute atomic E-state index is 13.3. The van der Waals surface area contributed by atoms with Gasteiger partial charge in [0.05, 0.1) is 15.7 Å². The van der Waals surface area contributed by atoms with Crippen LogP contribution in [0.2, 0.25) is 0 Å². The average Bonchev–Trinajstić information content (AvgIpc) is 2.89. The smallest absolute Gasteiger partial charge is 0.383 e. The molecule has 1 aliphatic carbocycles. The topological polar surface area (TPSA) is 101 Å². The van der Waals surface area contributed by atoms with E-state index in [0.29, 0.717) is 48.8 Å². The molecule has 2 aliphatic rings. The fourth-order valence-electron chi connectivity index (χ4n) is 5.13. The van der Waals surface area contributed by atoms with Crippen molar-refractivity contribution in [3.05, 3.63) is 71.5 Å². The van der Waals surface area contributed by atoms with Crippen molar-refractivity contribution in [1.82, 2.24) is 9.97 Å². The number of benzene rings is 1. The van der Waals surface area contributed by atoms with Gasteiger partial charge in [-0.1, -0.05) is 0 Å². The summed E-state index contributed by atoms with van der Waals surface area (Å²) in [5.41, 5.74) is 8.40. The van der Waals surface area contributed by atoms with Gasteiger partial charge in [-0.15, -0.1) is 0 Å². The third-order valence-corrected chi connectivity index (χ3v) is 9.55. The van der Waals surface area contributed by atoms with Gasteiger partial charge in [-0.25, -0.2) is 18.4 Å². The summed E-state index contributed by atoms with van der Waals surface area (Å²) < 4.78 is 64.8. The molecule has 1 saturated carbocycles. The maximum atomic E-state index is 13.3. The van der Waals surface area contributed by atoms with Crippen LogP contribution in [0.5, 0.6) is 0 Å². The molecule has 1 aromatic carbocycles. The molecule has 37 heavy (non-hydrogen) atoms. The van der Waals surface area contributed by atoms with Crippen LogP contribution in [0.4, 0.5) is 30.5 Å². The second-order valence-corrected chi connectivity index (χ2v) is 11.8. The molecule has 0 bridgehead atoms. The van der Waals surface area contributed by atoms with Crippen LogP contribution in [0.15, 0.2) is 59.8 Å². The second kappa shape index (κ2) is 9.85. The zero-order valence-corrected chi connectivity index (χ0v) is 20.9. The number of pyridine rings is 2. The Kier molecular flexibility index (Phi) is 6.74. The first-order chi connectivity index (χ1) is 17.6. The molecule has 3 heterocycles. The summed E-state index contributed by atoms with van der Waals surface area (Å²) in [7, 11) is -3.50. The fourth-order valence-corrected chi connectivity index (χ4v) is 6.92. The Morgan fingerprint density at radius 2 is 1.70 bits per heavy atom. The third-order valence-electron chi connectivity index (χ3n) is 7.27. The Hall–Kier alpha value is -3.34. The predicted molar refractivity (Wildman–Crippen MR) is 136 cm³/mol. The van der Waals surface area contributed by atoms with Crippen molar-refractivity contribution in [2.75, 3.05) is 22.5 Å². The standard InChI is InChI=1S/C26H28F3N5O2S/c27-26(28,29)18-1-10-24(32-15-18)33-19-2-6-21(7-3-19)37(35,36)22-8-4-20(5-9-22)34-14-12-17-11-13-31-25(30)23(17)16-34/h1,4-5,8-11,13,15,19,21H,2-3,6-7,12,14,16H2,(H2,30,31)(H,32,33). The van der Waals surface area contributed by atoms with Crippen LogP contribution in [0.25, 0.3) is 0 Å². The highest BCUT2D eigenvalue weighted by molar-refractivity contribution is 7.92. The van der Waals surface area contributed by atoms with Crippen LogP contribution in [-0.4, -0.2) is 36.2 Å². The van der Waals surface area contributed by atoms with Crippen molar-refractivity contribution in [2.24, 2.45) is 0 Å². The number of sulfone groups is 1. The SMILES string of the molecule is Nc1nccc2c1CN(c1ccc(S(=O)(=O)C3CCC(Nc4ccc(C(F)(F)F)cn4)CC3)cc1)CC2. The van der Waals surface area contributed by atoms with Crippen molar-refractivity contribution in [2.45, 2.75) is 61.0 Å². The van der Waals surface area contributed by atoms with E-state index in [-0.39, 0.29) is 6.04 Å². The van der Waals surface area contributed by atoms with Crippen molar-refractivity contribution < 1.29 is 21.6 Å². The normalized spacial score (nSPS) is 20.4. The van der Waals surface area contributed by atoms with E-state index in [4.69, 9.17) is 5.73 Å². The first-order valence-electron chi connectivity index (χ1n) is 12.2. The molecule has 7 nitrogen and oxygen atoms in total. The number of anilines is 3. The molecule has 3 N–H and O–H groups in total. The highest BCUT2D eigenvalue weighted by Crippen LogP contribution is 2.33. The number of nitrogen functional groups attached to an aromatic ring is 1. The van der Waals surface area contributed by atoms with Crippen LogP contribution in [-0.2, 0) is 29.0 Å². The number of hydrogen-bond acceptors (Lipinski definition) is 7. The molecular weight excluding hydrogens is 503 g/mol. The number of alkyl halides is 3. The first kappa shape index (κ1) is 25.3. The van der Waals surface area contributed by atoms with E-state index in [1.165, 1.54) is 11.6 Å². The highest BCUT2D eigenvalue weighted by atomic mass is 32.2. The second-order valence-electron chi connectivity index (χ2n) is 9.59. The van der Waals surface area contributed by atoms with Crippen LogP contribution in [0.1, 0.15) is 42.4 Å². The number of fused-ring (bicyclic) bond motifs is 1. The summed E-state index contributed by atoms with van der Waals surface area (Å²) in [5.74, 6) is 0.883. The molecule has 196 valence electrons. The molecule has 2 aromatic heterocycles. The van der Waals surface area contributed by atoms with Crippen molar-refractivity contribution in [3.63, 3.8) is 0 Å².